The van der Waals surface area contributed by atoms with Gasteiger partial charge in [0.2, 0.25) is 0 Å². The van der Waals surface area contributed by atoms with Crippen LogP contribution in [0.3, 0.4) is 0 Å². The first kappa shape index (κ1) is 27.5. The molecule has 1 aliphatic heterocycles. The third-order valence-electron chi connectivity index (χ3n) is 3.76. The lowest BCUT2D eigenvalue weighted by Gasteiger charge is -2.18. The summed E-state index contributed by atoms with van der Waals surface area (Å²) in [6.07, 6.45) is 5.26. The van der Waals surface area contributed by atoms with Crippen LogP contribution in [0.15, 0.2) is 41.1 Å². The number of unbranched alkanes of at least 4 members (excludes halogenated alkanes) is 1. The third kappa shape index (κ3) is 14.1. The summed E-state index contributed by atoms with van der Waals surface area (Å²) in [5.41, 5.74) is 0.730. The van der Waals surface area contributed by atoms with E-state index in [9.17, 15) is 18.0 Å². The first-order valence-electron chi connectivity index (χ1n) is 9.35. The molecule has 1 N–H and O–H groups in total. The lowest BCUT2D eigenvalue weighted by Crippen LogP contribution is -2.33. The van der Waals surface area contributed by atoms with Crippen molar-refractivity contribution >= 4 is 12.0 Å². The number of nitrogens with one attached hydrogen (secondary N) is 1. The van der Waals surface area contributed by atoms with Crippen LogP contribution in [0.4, 0.5) is 13.2 Å². The fourth-order valence-corrected chi connectivity index (χ4v) is 2.20. The fraction of sp³-hybridized carbons (Fsp3) is 0.619. The van der Waals surface area contributed by atoms with Crippen LogP contribution in [-0.4, -0.2) is 31.3 Å². The van der Waals surface area contributed by atoms with Crippen molar-refractivity contribution in [3.05, 3.63) is 36.1 Å². The Kier molecular flexibility index (Phi) is 15.7. The van der Waals surface area contributed by atoms with Gasteiger partial charge in [0.1, 0.15) is 5.78 Å². The Labute approximate surface area is 162 Å². The second kappa shape index (κ2) is 15.4. The zero-order valence-electron chi connectivity index (χ0n) is 17.5. The van der Waals surface area contributed by atoms with Crippen LogP contribution < -0.4 is 5.32 Å². The third-order valence-corrected chi connectivity index (χ3v) is 3.76. The number of alkyl halides is 3. The van der Waals surface area contributed by atoms with Crippen molar-refractivity contribution in [3.8, 4) is 0 Å². The maximum atomic E-state index is 11.8. The van der Waals surface area contributed by atoms with Gasteiger partial charge >= 0.3 is 6.18 Å². The van der Waals surface area contributed by atoms with Gasteiger partial charge in [-0.15, -0.1) is 6.58 Å². The number of ketones is 1. The van der Waals surface area contributed by atoms with Gasteiger partial charge in [-0.05, 0) is 58.1 Å². The molecule has 0 saturated heterocycles. The number of Topliss-reactive ketones (excluding diaryl/α,β-unsaturated/α-hetero) is 1. The molecule has 156 valence electrons. The summed E-state index contributed by atoms with van der Waals surface area (Å²) in [5, 5.41) is 3.02. The average molecular weight is 389 g/mol. The number of likely N-dealkylation sites (N-methyl/N-ethyl adjacent to an activating group) is 1. The molecular formula is C21H35F3N2O. The topological polar surface area (TPSA) is 41.5 Å². The predicted octanol–water partition coefficient (Wildman–Crippen LogP) is 6.04. The van der Waals surface area contributed by atoms with Gasteiger partial charge in [0.25, 0.3) is 0 Å². The zero-order valence-corrected chi connectivity index (χ0v) is 17.5. The number of aliphatic imine (C=N–C) groups is 1. The molecule has 6 heteroatoms. The summed E-state index contributed by atoms with van der Waals surface area (Å²) >= 11 is 0. The Hall–Kier alpha value is -1.69. The lowest BCUT2D eigenvalue weighted by atomic mass is 9.94. The van der Waals surface area contributed by atoms with Crippen LogP contribution in [0.25, 0.3) is 0 Å². The van der Waals surface area contributed by atoms with E-state index in [1.54, 1.807) is 13.0 Å². The number of allylic oxidation sites excluding steroid dienone is 3. The molecular weight excluding hydrogens is 353 g/mol. The van der Waals surface area contributed by atoms with Crippen molar-refractivity contribution in [2.75, 3.05) is 7.05 Å². The summed E-state index contributed by atoms with van der Waals surface area (Å²) in [5.74, 6) is 0.690. The van der Waals surface area contributed by atoms with Crippen molar-refractivity contribution in [1.29, 1.82) is 0 Å². The van der Waals surface area contributed by atoms with Gasteiger partial charge in [-0.25, -0.2) is 0 Å². The number of carbonyl (C=O) groups is 1. The molecule has 2 atom stereocenters. The van der Waals surface area contributed by atoms with E-state index in [-0.39, 0.29) is 11.8 Å². The highest BCUT2D eigenvalue weighted by Gasteiger charge is 2.29. The van der Waals surface area contributed by atoms with Crippen LogP contribution in [-0.2, 0) is 4.79 Å². The molecule has 1 rings (SSSR count). The highest BCUT2D eigenvalue weighted by atomic mass is 19.4. The van der Waals surface area contributed by atoms with Gasteiger partial charge in [-0.3, -0.25) is 9.79 Å². The monoisotopic (exact) mass is 388 g/mol. The molecule has 0 spiro atoms. The summed E-state index contributed by atoms with van der Waals surface area (Å²) < 4.78 is 35.3. The van der Waals surface area contributed by atoms with Gasteiger partial charge in [0, 0.05) is 18.0 Å². The minimum atomic E-state index is -4.17. The first-order valence-corrected chi connectivity index (χ1v) is 9.35. The molecule has 0 aliphatic carbocycles. The Morgan fingerprint density at radius 1 is 1.37 bits per heavy atom. The van der Waals surface area contributed by atoms with Gasteiger partial charge < -0.3 is 5.32 Å². The minimum absolute atomic E-state index is 0.0539. The molecule has 0 fully saturated rings. The molecule has 0 aromatic carbocycles. The molecule has 0 radical (unpaired) electrons. The quantitative estimate of drug-likeness (QED) is 0.427. The zero-order chi connectivity index (χ0) is 21.5. The van der Waals surface area contributed by atoms with E-state index in [0.29, 0.717) is 18.8 Å². The Morgan fingerprint density at radius 2 is 1.96 bits per heavy atom. The van der Waals surface area contributed by atoms with Crippen LogP contribution in [0.2, 0.25) is 0 Å². The van der Waals surface area contributed by atoms with Crippen molar-refractivity contribution in [2.24, 2.45) is 10.9 Å². The van der Waals surface area contributed by atoms with Crippen LogP contribution in [0, 0.1) is 5.92 Å². The van der Waals surface area contributed by atoms with Crippen molar-refractivity contribution in [3.63, 3.8) is 0 Å². The number of halogens is 3. The van der Waals surface area contributed by atoms with Gasteiger partial charge in [0.15, 0.2) is 0 Å². The van der Waals surface area contributed by atoms with Crippen LogP contribution in [0.1, 0.15) is 60.3 Å². The Morgan fingerprint density at radius 3 is 2.37 bits per heavy atom. The highest BCUT2D eigenvalue weighted by molar-refractivity contribution is 5.81. The second-order valence-corrected chi connectivity index (χ2v) is 6.17. The molecule has 1 heterocycles. The molecule has 0 bridgehead atoms. The Balaban J connectivity index is 0. The molecule has 3 nitrogen and oxygen atoms in total. The van der Waals surface area contributed by atoms with Crippen molar-refractivity contribution in [2.45, 2.75) is 72.5 Å². The molecule has 1 unspecified atom stereocenters. The van der Waals surface area contributed by atoms with Gasteiger partial charge in [0.05, 0.1) is 6.04 Å². The van der Waals surface area contributed by atoms with Crippen LogP contribution >= 0.6 is 0 Å². The number of rotatable bonds is 7. The SMILES string of the molecule is C=CCC/C=C(\C)C(F)(F)F.CC.CN[C@@H](CC1=CN=CC(C)C1)C(C)=O. The molecule has 0 amide bonds. The standard InChI is InChI=1S/C11H18N2O.C8H11F3.C2H6/c1-8-4-10(7-13-6-8)5-11(12-3)9(2)14;1-3-4-5-6-7(2)8(9,10)11;1-2/h6-8,11-12H,4-5H2,1-3H3;3,6H,1,4-5H2,2H3;1-2H3/b;7-6+;/t8?,11-;;/m0../s1. The number of hydrogen-bond acceptors (Lipinski definition) is 3. The fourth-order valence-electron chi connectivity index (χ4n) is 2.20. The molecule has 27 heavy (non-hydrogen) atoms. The van der Waals surface area contributed by atoms with Gasteiger partial charge in [-0.1, -0.05) is 32.9 Å². The van der Waals surface area contributed by atoms with E-state index >= 15 is 0 Å². The Bertz CT molecular complexity index is 520. The van der Waals surface area contributed by atoms with E-state index < -0.39 is 11.7 Å². The van der Waals surface area contributed by atoms with E-state index in [2.05, 4.69) is 23.8 Å². The maximum absolute atomic E-state index is 11.8. The maximum Gasteiger partial charge on any atom is 0.412 e. The molecule has 1 aliphatic rings. The molecule has 0 saturated carbocycles. The number of carbonyl (C=O) groups excluding carboxylic acids is 1. The smallest absolute Gasteiger partial charge is 0.310 e. The van der Waals surface area contributed by atoms with E-state index in [1.807, 2.05) is 33.3 Å². The van der Waals surface area contributed by atoms with Crippen LogP contribution in [0.5, 0.6) is 0 Å². The van der Waals surface area contributed by atoms with E-state index in [1.165, 1.54) is 11.6 Å². The van der Waals surface area contributed by atoms with Gasteiger partial charge in [-0.2, -0.15) is 13.2 Å². The largest absolute Gasteiger partial charge is 0.412 e. The van der Waals surface area contributed by atoms with E-state index in [4.69, 9.17) is 0 Å². The highest BCUT2D eigenvalue weighted by Crippen LogP contribution is 2.25. The minimum Gasteiger partial charge on any atom is -0.310 e. The predicted molar refractivity (Wildman–Crippen MR) is 109 cm³/mol. The van der Waals surface area contributed by atoms with Crippen molar-refractivity contribution < 1.29 is 18.0 Å². The molecule has 0 aromatic rings. The normalized spacial score (nSPS) is 17.6. The average Bonchev–Trinajstić information content (AvgIpc) is 2.61. The first-order chi connectivity index (χ1) is 12.6. The number of nitrogens with zero attached hydrogens (tertiary/aromatic N) is 1. The second-order valence-electron chi connectivity index (χ2n) is 6.17. The summed E-state index contributed by atoms with van der Waals surface area (Å²) in [6, 6.07) is -0.0539. The lowest BCUT2D eigenvalue weighted by molar-refractivity contribution is -0.118. The summed E-state index contributed by atoms with van der Waals surface area (Å²) in [7, 11) is 1.82. The van der Waals surface area contributed by atoms with Crippen molar-refractivity contribution in [1.82, 2.24) is 5.32 Å². The van der Waals surface area contributed by atoms with E-state index in [0.717, 1.165) is 19.8 Å². The summed E-state index contributed by atoms with van der Waals surface area (Å²) in [6.45, 7) is 12.2. The number of hydrogen-bond donors (Lipinski definition) is 1. The molecule has 0 aromatic heterocycles. The summed E-state index contributed by atoms with van der Waals surface area (Å²) in [4.78, 5) is 15.4.